The monoisotopic (exact) mass is 108 g/mol. The summed E-state index contributed by atoms with van der Waals surface area (Å²) in [6, 6.07) is 0. The molecule has 0 aromatic rings. The van der Waals surface area contributed by atoms with Gasteiger partial charge in [0.1, 0.15) is 0 Å². The van der Waals surface area contributed by atoms with Crippen LogP contribution in [0.1, 0.15) is 0 Å². The first kappa shape index (κ1) is 18.2. The zero-order valence-electron chi connectivity index (χ0n) is 2.62. The van der Waals surface area contributed by atoms with Gasteiger partial charge in [-0.25, -0.2) is 0 Å². The first-order valence-corrected chi connectivity index (χ1v) is 0.742. The van der Waals surface area contributed by atoms with Crippen LogP contribution in [0.5, 0.6) is 0 Å². The Kier molecular flexibility index (Phi) is 95.4. The molecule has 0 aliphatic rings. The van der Waals surface area contributed by atoms with Gasteiger partial charge in [-0.1, -0.05) is 0 Å². The maximum absolute atomic E-state index is 4.61. The van der Waals surface area contributed by atoms with Crippen molar-refractivity contribution in [3.05, 3.63) is 12.6 Å². The second-order valence-electron chi connectivity index (χ2n) is 0.236. The van der Waals surface area contributed by atoms with Crippen LogP contribution < -0.4 is 24.8 Å². The van der Waals surface area contributed by atoms with E-state index >= 15 is 0 Å². The van der Waals surface area contributed by atoms with Gasteiger partial charge in [-0.3, -0.25) is 0 Å². The third-order valence-corrected chi connectivity index (χ3v) is 0. The van der Waals surface area contributed by atoms with Crippen molar-refractivity contribution in [2.75, 3.05) is 0 Å². The summed E-state index contributed by atoms with van der Waals surface area (Å²) in [5.41, 5.74) is 0. The van der Waals surface area contributed by atoms with E-state index in [0.717, 1.165) is 0 Å². The predicted octanol–water partition coefficient (Wildman–Crippen LogP) is -5.69. The van der Waals surface area contributed by atoms with Crippen molar-refractivity contribution in [3.63, 3.8) is 0 Å². The molecular weight excluding hydrogens is 106 g/mol. The third-order valence-electron chi connectivity index (χ3n) is 0. The minimum atomic E-state index is 0. The summed E-state index contributed by atoms with van der Waals surface area (Å²) >= 11 is 0. The Morgan fingerprint density at radius 2 is 1.40 bits per heavy atom. The minimum Gasteiger partial charge on any atom is -1.00 e. The second-order valence-corrected chi connectivity index (χ2v) is 0.236. The van der Waals surface area contributed by atoms with Crippen LogP contribution in [0.4, 0.5) is 0 Å². The predicted molar refractivity (Wildman–Crippen MR) is 16.0 cm³/mol. The van der Waals surface area contributed by atoms with Crippen molar-refractivity contribution in [2.45, 2.75) is 0 Å². The van der Waals surface area contributed by atoms with Crippen LogP contribution in [-0.2, 0) is 0 Å². The zero-order valence-corrected chi connectivity index (χ0v) is 4.13. The summed E-state index contributed by atoms with van der Waals surface area (Å²) < 4.78 is 0. The summed E-state index contributed by atoms with van der Waals surface area (Å²) in [4.78, 5) is 0. The van der Waals surface area contributed by atoms with Crippen LogP contribution in [0.3, 0.4) is 0 Å². The van der Waals surface area contributed by atoms with Gasteiger partial charge >= 0.3 is 20.4 Å². The molecule has 0 amide bonds. The summed E-state index contributed by atoms with van der Waals surface area (Å²) in [6.45, 7) is 3.14. The van der Waals surface area contributed by atoms with Crippen molar-refractivity contribution in [1.29, 1.82) is 0 Å². The molecule has 0 unspecified atom stereocenters. The average Bonchev–Trinajstić information content (AvgIpc) is 0.918. The molecule has 0 aromatic carbocycles. The Labute approximate surface area is 45.9 Å². The maximum atomic E-state index is 4.61. The molecule has 0 rings (SSSR count). The zero-order chi connectivity index (χ0) is 2.71. The molecule has 0 N–H and O–H groups in total. The molecule has 0 saturated heterocycles. The van der Waals surface area contributed by atoms with Crippen LogP contribution in [0.25, 0.3) is 0 Å². The van der Waals surface area contributed by atoms with Crippen LogP contribution >= 0.6 is 0 Å². The Morgan fingerprint density at radius 3 is 1.40 bits per heavy atom. The Morgan fingerprint density at radius 1 is 1.40 bits per heavy atom. The van der Waals surface area contributed by atoms with E-state index in [1.807, 2.05) is 0 Å². The molecule has 0 spiro atoms. The molecule has 0 aliphatic heterocycles. The fourth-order valence-corrected chi connectivity index (χ4v) is 0. The van der Waals surface area contributed by atoms with E-state index in [1.165, 1.54) is 5.98 Å². The second kappa shape index (κ2) is 26.2. The van der Waals surface area contributed by atoms with E-state index in [4.69, 9.17) is 0 Å². The molecule has 0 atom stereocenters. The number of hydrogen-bond acceptors (Lipinski definition) is 0. The first-order chi connectivity index (χ1) is 1.41. The largest absolute Gasteiger partial charge is 1.00 e. The molecule has 0 fully saturated rings. The normalized spacial score (nSPS) is 2.80. The summed E-state index contributed by atoms with van der Waals surface area (Å²) in [6.07, 6.45) is 0. The van der Waals surface area contributed by atoms with Gasteiger partial charge in [0.15, 0.2) is 0 Å². The smallest absolute Gasteiger partial charge is 1.00 e. The van der Waals surface area contributed by atoms with E-state index in [1.54, 1.807) is 0 Å². The maximum Gasteiger partial charge on any atom is -1.00 e. The molecule has 0 nitrogen and oxygen atoms in total. The Hall–Kier alpha value is 0.385. The molecular formula is C2H3BCl2. The molecule has 28 valence electrons. The van der Waals surface area contributed by atoms with E-state index in [2.05, 4.69) is 14.4 Å². The molecule has 5 heavy (non-hydrogen) atoms. The topological polar surface area (TPSA) is 0 Å². The molecule has 0 radical (unpaired) electrons. The Balaban J connectivity index is -0.0000000200. The van der Waals surface area contributed by atoms with Gasteiger partial charge in [-0.05, 0) is 0 Å². The molecule has 0 bridgehead atoms. The van der Waals surface area contributed by atoms with Crippen molar-refractivity contribution >= 4 is 7.85 Å². The SMILES string of the molecule is [B+2]C=C.[Cl-].[Cl-]. The fourth-order valence-electron chi connectivity index (χ4n) is 0. The summed E-state index contributed by atoms with van der Waals surface area (Å²) in [7, 11) is 4.61. The summed E-state index contributed by atoms with van der Waals surface area (Å²) in [5.74, 6) is 1.25. The van der Waals surface area contributed by atoms with Crippen LogP contribution in [0.15, 0.2) is 12.6 Å². The van der Waals surface area contributed by atoms with Crippen LogP contribution in [0, 0.1) is 0 Å². The first-order valence-electron chi connectivity index (χ1n) is 0.742. The van der Waals surface area contributed by atoms with E-state index < -0.39 is 0 Å². The quantitative estimate of drug-likeness (QED) is 0.272. The number of rotatable bonds is 0. The standard InChI is InChI=1S/C2H3B.2ClH/c1-2-3;;/h2H,1H2;2*1H/q+2;;/p-2. The van der Waals surface area contributed by atoms with Gasteiger partial charge in [-0.2, -0.15) is 0 Å². The van der Waals surface area contributed by atoms with E-state index in [0.29, 0.717) is 0 Å². The number of hydrogen-bond donors (Lipinski definition) is 0. The van der Waals surface area contributed by atoms with Gasteiger partial charge in [0.05, 0.1) is 0 Å². The van der Waals surface area contributed by atoms with Crippen LogP contribution in [0.2, 0.25) is 0 Å². The van der Waals surface area contributed by atoms with Gasteiger partial charge < -0.3 is 24.8 Å². The average molecular weight is 109 g/mol. The third kappa shape index (κ3) is 168. The molecule has 0 aromatic heterocycles. The van der Waals surface area contributed by atoms with E-state index in [9.17, 15) is 0 Å². The van der Waals surface area contributed by atoms with E-state index in [-0.39, 0.29) is 24.8 Å². The van der Waals surface area contributed by atoms with Crippen molar-refractivity contribution in [3.8, 4) is 0 Å². The molecule has 0 saturated carbocycles. The van der Waals surface area contributed by atoms with Crippen molar-refractivity contribution < 1.29 is 24.8 Å². The van der Waals surface area contributed by atoms with Crippen molar-refractivity contribution in [2.24, 2.45) is 0 Å². The minimum absolute atomic E-state index is 0. The Bertz CT molecular complexity index is 15.1. The molecule has 0 heterocycles. The summed E-state index contributed by atoms with van der Waals surface area (Å²) in [5, 5.41) is 0. The fraction of sp³-hybridized carbons (Fsp3) is 0. The molecule has 0 aliphatic carbocycles. The van der Waals surface area contributed by atoms with Gasteiger partial charge in [0.25, 0.3) is 0 Å². The van der Waals surface area contributed by atoms with Gasteiger partial charge in [0, 0.05) is 0 Å². The molecule has 3 heteroatoms. The van der Waals surface area contributed by atoms with Gasteiger partial charge in [0.2, 0.25) is 0 Å². The van der Waals surface area contributed by atoms with Crippen molar-refractivity contribution in [1.82, 2.24) is 0 Å². The number of halogens is 2. The van der Waals surface area contributed by atoms with Gasteiger partial charge in [-0.15, -0.1) is 0 Å². The van der Waals surface area contributed by atoms with Crippen LogP contribution in [-0.4, -0.2) is 7.85 Å².